The van der Waals surface area contributed by atoms with E-state index in [0.717, 1.165) is 47.2 Å². The first-order valence-corrected chi connectivity index (χ1v) is 20.1. The summed E-state index contributed by atoms with van der Waals surface area (Å²) in [5.41, 5.74) is 19.0. The molecule has 1 aromatic heterocycles. The first-order valence-electron chi connectivity index (χ1n) is 20.1. The van der Waals surface area contributed by atoms with Crippen LogP contribution in [0, 0.1) is 17.8 Å². The average molecular weight is 780 g/mol. The third kappa shape index (κ3) is 11.1. The number of aromatic hydroxyl groups is 2. The Morgan fingerprint density at radius 3 is 2.50 bits per heavy atom. The number of nitrogens with two attached hydrogens (primary N) is 2. The molecule has 3 atom stereocenters. The predicted molar refractivity (Wildman–Crippen MR) is 227 cm³/mol. The number of allylic oxidation sites excluding steroid dienone is 2. The number of H-pyrrole nitrogens is 1. The van der Waals surface area contributed by atoms with Crippen LogP contribution in [0.5, 0.6) is 17.2 Å². The lowest BCUT2D eigenvalue weighted by atomic mass is 9.81. The molecule has 9 nitrogen and oxygen atoms in total. The predicted octanol–water partition coefficient (Wildman–Crippen LogP) is 7.74. The van der Waals surface area contributed by atoms with Crippen molar-refractivity contribution in [3.8, 4) is 29.1 Å². The molecule has 1 heterocycles. The number of aryl methyl sites for hydroxylation is 1. The Kier molecular flexibility index (Phi) is 14.4. The third-order valence-corrected chi connectivity index (χ3v) is 10.9. The number of phenolic OH excluding ortho intramolecular Hbond substituents is 2. The number of benzene rings is 4. The summed E-state index contributed by atoms with van der Waals surface area (Å²) in [6.45, 7) is 2.30. The van der Waals surface area contributed by atoms with Gasteiger partial charge in [-0.05, 0) is 102 Å². The summed E-state index contributed by atoms with van der Waals surface area (Å²) < 4.78 is 6.04. The highest BCUT2D eigenvalue weighted by atomic mass is 16.5. The van der Waals surface area contributed by atoms with Gasteiger partial charge in [-0.25, -0.2) is 0 Å². The molecule has 4 aromatic carbocycles. The van der Waals surface area contributed by atoms with Gasteiger partial charge in [-0.15, -0.1) is 0 Å². The number of Topliss-reactive ketones (excluding diaryl/α,β-unsaturated/α-hetero) is 1. The second kappa shape index (κ2) is 20.0. The molecule has 58 heavy (non-hydrogen) atoms. The molecule has 300 valence electrons. The largest absolute Gasteiger partial charge is 0.508 e. The van der Waals surface area contributed by atoms with Crippen molar-refractivity contribution in [3.05, 3.63) is 160 Å². The van der Waals surface area contributed by atoms with Crippen molar-refractivity contribution in [1.29, 1.82) is 0 Å². The fourth-order valence-corrected chi connectivity index (χ4v) is 7.43. The molecular weight excluding hydrogens is 727 g/mol. The summed E-state index contributed by atoms with van der Waals surface area (Å²) in [5.74, 6) is 6.46. The third-order valence-electron chi connectivity index (χ3n) is 10.9. The second-order valence-corrected chi connectivity index (χ2v) is 15.2. The Hall–Kier alpha value is -5.92. The Morgan fingerprint density at radius 2 is 1.71 bits per heavy atom. The Labute approximate surface area is 340 Å². The highest BCUT2D eigenvalue weighted by Crippen LogP contribution is 2.38. The minimum Gasteiger partial charge on any atom is -0.508 e. The van der Waals surface area contributed by atoms with Crippen LogP contribution in [-0.4, -0.2) is 44.6 Å². The molecule has 0 radical (unpaired) electrons. The number of carbonyl (C=O) groups is 2. The number of aromatic nitrogens is 1. The van der Waals surface area contributed by atoms with E-state index in [1.807, 2.05) is 66.7 Å². The number of hydrogen-bond donors (Lipinski definition) is 6. The fraction of sp³-hybridized carbons (Fsp3) is 0.306. The highest BCUT2D eigenvalue weighted by molar-refractivity contribution is 5.98. The smallest absolute Gasteiger partial charge is 0.165 e. The van der Waals surface area contributed by atoms with Gasteiger partial charge in [0.25, 0.3) is 0 Å². The van der Waals surface area contributed by atoms with Crippen molar-refractivity contribution in [3.63, 3.8) is 0 Å². The first kappa shape index (κ1) is 41.7. The number of aliphatic hydroxyl groups is 1. The lowest BCUT2D eigenvalue weighted by Gasteiger charge is -2.22. The van der Waals surface area contributed by atoms with Crippen molar-refractivity contribution in [1.82, 2.24) is 4.98 Å². The number of ether oxygens (including phenoxy) is 1. The van der Waals surface area contributed by atoms with E-state index in [4.69, 9.17) is 16.2 Å². The van der Waals surface area contributed by atoms with Crippen LogP contribution in [0.25, 0.3) is 0 Å². The van der Waals surface area contributed by atoms with Crippen LogP contribution >= 0.6 is 0 Å². The summed E-state index contributed by atoms with van der Waals surface area (Å²) in [6.07, 6.45) is 9.17. The van der Waals surface area contributed by atoms with Crippen LogP contribution in [0.2, 0.25) is 0 Å². The SMILES string of the molecule is C[C@H](CCC/C=C/C(=O)CCc1ccc(O)c(OCCc2ccc(O)c([C@H]3CC(=O)c4cc[nH]c4CC#Cc4cc(C(N)N)ccc43)c2)c1)[C@H](O)Cc1ccccc1. The number of aromatic amines is 1. The summed E-state index contributed by atoms with van der Waals surface area (Å²) in [4.78, 5) is 29.5. The van der Waals surface area contributed by atoms with E-state index in [1.54, 1.807) is 42.6 Å². The monoisotopic (exact) mass is 779 g/mol. The molecule has 0 bridgehead atoms. The maximum Gasteiger partial charge on any atom is 0.165 e. The molecule has 0 unspecified atom stereocenters. The van der Waals surface area contributed by atoms with Crippen LogP contribution in [-0.2, 0) is 30.5 Å². The summed E-state index contributed by atoms with van der Waals surface area (Å²) in [7, 11) is 0. The van der Waals surface area contributed by atoms with Gasteiger partial charge in [0.1, 0.15) is 5.75 Å². The summed E-state index contributed by atoms with van der Waals surface area (Å²) in [5, 5.41) is 32.4. The van der Waals surface area contributed by atoms with Crippen molar-refractivity contribution in [2.24, 2.45) is 17.4 Å². The number of rotatable bonds is 17. The van der Waals surface area contributed by atoms with Gasteiger partial charge in [0, 0.05) is 53.8 Å². The van der Waals surface area contributed by atoms with E-state index in [-0.39, 0.29) is 42.0 Å². The van der Waals surface area contributed by atoms with Gasteiger partial charge >= 0.3 is 0 Å². The van der Waals surface area contributed by atoms with Gasteiger partial charge in [0.2, 0.25) is 0 Å². The summed E-state index contributed by atoms with van der Waals surface area (Å²) >= 11 is 0. The van der Waals surface area contributed by atoms with E-state index < -0.39 is 18.2 Å². The lowest BCUT2D eigenvalue weighted by Crippen LogP contribution is -2.20. The number of aliphatic hydroxyl groups excluding tert-OH is 1. The van der Waals surface area contributed by atoms with Gasteiger partial charge in [-0.1, -0.05) is 85.5 Å². The minimum absolute atomic E-state index is 0.00269. The maximum absolute atomic E-state index is 13.7. The number of fused-ring (bicyclic) bond motifs is 2. The maximum atomic E-state index is 13.7. The molecule has 1 aliphatic carbocycles. The number of ketones is 2. The van der Waals surface area contributed by atoms with E-state index in [1.165, 1.54) is 0 Å². The first-order chi connectivity index (χ1) is 28.0. The van der Waals surface area contributed by atoms with Gasteiger partial charge in [-0.2, -0.15) is 0 Å². The second-order valence-electron chi connectivity index (χ2n) is 15.2. The van der Waals surface area contributed by atoms with Crippen molar-refractivity contribution < 1.29 is 29.6 Å². The van der Waals surface area contributed by atoms with Crippen molar-refractivity contribution in [2.45, 2.75) is 82.9 Å². The van der Waals surface area contributed by atoms with Crippen LogP contribution in [0.15, 0.2) is 109 Å². The molecule has 8 N–H and O–H groups in total. The summed E-state index contributed by atoms with van der Waals surface area (Å²) in [6, 6.07) is 27.8. The van der Waals surface area contributed by atoms with Crippen LogP contribution in [0.1, 0.15) is 106 Å². The molecule has 0 spiro atoms. The van der Waals surface area contributed by atoms with Gasteiger partial charge in [0.05, 0.1) is 25.3 Å². The van der Waals surface area contributed by atoms with E-state index in [0.29, 0.717) is 60.1 Å². The van der Waals surface area contributed by atoms with Crippen molar-refractivity contribution >= 4 is 11.6 Å². The minimum atomic E-state index is -0.693. The van der Waals surface area contributed by atoms with Crippen LogP contribution in [0.3, 0.4) is 0 Å². The van der Waals surface area contributed by atoms with E-state index in [2.05, 4.69) is 23.7 Å². The molecule has 0 fully saturated rings. The number of unbranched alkanes of at least 4 members (excludes halogenated alkanes) is 1. The number of phenols is 2. The Morgan fingerprint density at radius 1 is 0.931 bits per heavy atom. The molecule has 1 aliphatic rings. The van der Waals surface area contributed by atoms with Gasteiger partial charge in [0.15, 0.2) is 23.1 Å². The number of nitrogens with one attached hydrogen (secondary N) is 1. The Bertz CT molecular complexity index is 2280. The number of hydrogen-bond acceptors (Lipinski definition) is 8. The van der Waals surface area contributed by atoms with Gasteiger partial charge < -0.3 is 36.5 Å². The molecule has 6 rings (SSSR count). The normalized spacial score (nSPS) is 15.0. The molecule has 0 aliphatic heterocycles. The van der Waals surface area contributed by atoms with Crippen molar-refractivity contribution in [2.75, 3.05) is 6.61 Å². The molecule has 9 heteroatoms. The zero-order valence-corrected chi connectivity index (χ0v) is 33.0. The zero-order chi connectivity index (χ0) is 41.0. The van der Waals surface area contributed by atoms with Crippen LogP contribution < -0.4 is 16.2 Å². The highest BCUT2D eigenvalue weighted by Gasteiger charge is 2.27. The topological polar surface area (TPSA) is 172 Å². The molecule has 0 saturated heterocycles. The molecular formula is C49H53N3O6. The Balaban J connectivity index is 1.04. The quantitative estimate of drug-likeness (QED) is 0.0241. The average Bonchev–Trinajstić information content (AvgIpc) is 3.69. The zero-order valence-electron chi connectivity index (χ0n) is 33.0. The standard InChI is InChI=1S/C49H53N3O6/c1-32(46(56)28-33-10-5-3-6-11-33)9-4-2-7-13-38(53)19-15-34-17-22-45(55)48(29-34)58-26-24-35-16-21-44(54)42(27-35)41-31-47(57)40-23-25-52-43(40)14-8-12-36-30-37(49(50)51)18-20-39(36)41/h3,5-7,10-11,13,16-18,20-23,25,27,29-30,32,41,46,49,52,54-56H,2,4,9,14-15,19,24,26,28,31,50-51H2,1H3/b13-7+/t32-,41+,46-/m1/s1. The fourth-order valence-electron chi connectivity index (χ4n) is 7.43. The van der Waals surface area contributed by atoms with Gasteiger partial charge in [-0.3, -0.25) is 9.59 Å². The van der Waals surface area contributed by atoms with E-state index in [9.17, 15) is 24.9 Å². The number of carbonyl (C=O) groups excluding carboxylic acids is 2. The molecule has 0 saturated carbocycles. The molecule has 0 amide bonds. The molecule has 5 aromatic rings. The van der Waals surface area contributed by atoms with E-state index >= 15 is 0 Å². The lowest BCUT2D eigenvalue weighted by molar-refractivity contribution is -0.114. The van der Waals surface area contributed by atoms with Crippen LogP contribution in [0.4, 0.5) is 0 Å².